The first-order valence-corrected chi connectivity index (χ1v) is 7.06. The molecule has 2 rings (SSSR count). The van der Waals surface area contributed by atoms with Crippen LogP contribution >= 0.6 is 0 Å². The Kier molecular flexibility index (Phi) is 4.96. The molecule has 1 aromatic heterocycles. The van der Waals surface area contributed by atoms with Gasteiger partial charge in [-0.2, -0.15) is 0 Å². The SMILES string of the molecule is COc1cc(N2CCCCC2CNC(C)C)ncn1. The fourth-order valence-electron chi connectivity index (χ4n) is 2.48. The molecule has 2 heterocycles. The summed E-state index contributed by atoms with van der Waals surface area (Å²) in [5.74, 6) is 1.60. The van der Waals surface area contributed by atoms with Crippen molar-refractivity contribution in [2.75, 3.05) is 25.1 Å². The van der Waals surface area contributed by atoms with Gasteiger partial charge in [-0.15, -0.1) is 0 Å². The minimum absolute atomic E-state index is 0.510. The van der Waals surface area contributed by atoms with Gasteiger partial charge in [-0.1, -0.05) is 13.8 Å². The van der Waals surface area contributed by atoms with Crippen LogP contribution in [0.5, 0.6) is 5.88 Å². The molecule has 0 amide bonds. The number of nitrogens with zero attached hydrogens (tertiary/aromatic N) is 3. The number of nitrogens with one attached hydrogen (secondary N) is 1. The normalized spacial score (nSPS) is 19.8. The minimum Gasteiger partial charge on any atom is -0.481 e. The highest BCUT2D eigenvalue weighted by atomic mass is 16.5. The van der Waals surface area contributed by atoms with Gasteiger partial charge in [-0.25, -0.2) is 9.97 Å². The van der Waals surface area contributed by atoms with Gasteiger partial charge in [-0.05, 0) is 19.3 Å². The predicted octanol–water partition coefficient (Wildman–Crippen LogP) is 1.84. The zero-order valence-electron chi connectivity index (χ0n) is 12.1. The van der Waals surface area contributed by atoms with E-state index < -0.39 is 0 Å². The van der Waals surface area contributed by atoms with E-state index in [0.717, 1.165) is 18.9 Å². The van der Waals surface area contributed by atoms with E-state index in [1.54, 1.807) is 13.4 Å². The number of rotatable bonds is 5. The van der Waals surface area contributed by atoms with E-state index in [-0.39, 0.29) is 0 Å². The Bertz CT molecular complexity index is 397. The van der Waals surface area contributed by atoms with Gasteiger partial charge in [0.25, 0.3) is 0 Å². The van der Waals surface area contributed by atoms with Crippen LogP contribution in [-0.4, -0.2) is 42.3 Å². The van der Waals surface area contributed by atoms with Crippen molar-refractivity contribution in [3.8, 4) is 5.88 Å². The summed E-state index contributed by atoms with van der Waals surface area (Å²) < 4.78 is 5.19. The van der Waals surface area contributed by atoms with Crippen molar-refractivity contribution in [3.05, 3.63) is 12.4 Å². The molecule has 5 nitrogen and oxygen atoms in total. The van der Waals surface area contributed by atoms with Gasteiger partial charge in [0, 0.05) is 31.2 Å². The number of hydrogen-bond donors (Lipinski definition) is 1. The topological polar surface area (TPSA) is 50.3 Å². The van der Waals surface area contributed by atoms with Crippen molar-refractivity contribution in [2.45, 2.75) is 45.2 Å². The van der Waals surface area contributed by atoms with Crippen LogP contribution in [-0.2, 0) is 0 Å². The first kappa shape index (κ1) is 14.1. The number of hydrogen-bond acceptors (Lipinski definition) is 5. The minimum atomic E-state index is 0.510. The predicted molar refractivity (Wildman–Crippen MR) is 76.7 cm³/mol. The molecule has 0 spiro atoms. The Morgan fingerprint density at radius 1 is 1.42 bits per heavy atom. The van der Waals surface area contributed by atoms with Crippen LogP contribution in [0.4, 0.5) is 5.82 Å². The lowest BCUT2D eigenvalue weighted by Gasteiger charge is -2.37. The quantitative estimate of drug-likeness (QED) is 0.879. The number of methoxy groups -OCH3 is 1. The third-order valence-corrected chi connectivity index (χ3v) is 3.52. The van der Waals surface area contributed by atoms with Gasteiger partial charge in [0.15, 0.2) is 0 Å². The highest BCUT2D eigenvalue weighted by Gasteiger charge is 2.23. The fourth-order valence-corrected chi connectivity index (χ4v) is 2.48. The van der Waals surface area contributed by atoms with Crippen LogP contribution < -0.4 is 15.0 Å². The maximum Gasteiger partial charge on any atom is 0.218 e. The molecule has 1 saturated heterocycles. The molecule has 19 heavy (non-hydrogen) atoms. The average molecular weight is 264 g/mol. The summed E-state index contributed by atoms with van der Waals surface area (Å²) in [4.78, 5) is 10.8. The lowest BCUT2D eigenvalue weighted by Crippen LogP contribution is -2.47. The molecule has 1 fully saturated rings. The molecule has 0 aromatic carbocycles. The fraction of sp³-hybridized carbons (Fsp3) is 0.714. The standard InChI is InChI=1S/C14H24N4O/c1-11(2)15-9-12-6-4-5-7-18(12)13-8-14(19-3)17-10-16-13/h8,10-12,15H,4-7,9H2,1-3H3. The van der Waals surface area contributed by atoms with Crippen LogP contribution in [0, 0.1) is 0 Å². The average Bonchev–Trinajstić information content (AvgIpc) is 2.45. The van der Waals surface area contributed by atoms with Gasteiger partial charge in [0.1, 0.15) is 12.1 Å². The molecule has 5 heteroatoms. The molecule has 1 atom stereocenters. The largest absolute Gasteiger partial charge is 0.481 e. The molecule has 1 N–H and O–H groups in total. The molecule has 1 aliphatic rings. The second-order valence-electron chi connectivity index (χ2n) is 5.32. The van der Waals surface area contributed by atoms with Crippen LogP contribution in [0.3, 0.4) is 0 Å². The lowest BCUT2D eigenvalue weighted by molar-refractivity contribution is 0.393. The Morgan fingerprint density at radius 3 is 3.00 bits per heavy atom. The first-order chi connectivity index (χ1) is 9.20. The Balaban J connectivity index is 2.09. The maximum absolute atomic E-state index is 5.19. The maximum atomic E-state index is 5.19. The zero-order valence-corrected chi connectivity index (χ0v) is 12.1. The van der Waals surface area contributed by atoms with Crippen molar-refractivity contribution in [2.24, 2.45) is 0 Å². The van der Waals surface area contributed by atoms with Crippen molar-refractivity contribution in [1.82, 2.24) is 15.3 Å². The molecule has 106 valence electrons. The van der Waals surface area contributed by atoms with Gasteiger partial charge in [0.2, 0.25) is 5.88 Å². The Morgan fingerprint density at radius 2 is 2.26 bits per heavy atom. The summed E-state index contributed by atoms with van der Waals surface area (Å²) in [5.41, 5.74) is 0. The highest BCUT2D eigenvalue weighted by Crippen LogP contribution is 2.24. The zero-order chi connectivity index (χ0) is 13.7. The van der Waals surface area contributed by atoms with Crippen molar-refractivity contribution in [1.29, 1.82) is 0 Å². The number of piperidine rings is 1. The monoisotopic (exact) mass is 264 g/mol. The summed E-state index contributed by atoms with van der Waals surface area (Å²) >= 11 is 0. The second-order valence-corrected chi connectivity index (χ2v) is 5.32. The van der Waals surface area contributed by atoms with Gasteiger partial charge in [0.05, 0.1) is 7.11 Å². The smallest absolute Gasteiger partial charge is 0.218 e. The molecular formula is C14H24N4O. The van der Waals surface area contributed by atoms with Crippen LogP contribution in [0.1, 0.15) is 33.1 Å². The summed E-state index contributed by atoms with van der Waals surface area (Å²) in [6, 6.07) is 2.95. The summed E-state index contributed by atoms with van der Waals surface area (Å²) in [7, 11) is 1.64. The van der Waals surface area contributed by atoms with Gasteiger partial charge < -0.3 is 15.0 Å². The number of ether oxygens (including phenoxy) is 1. The Hall–Kier alpha value is -1.36. The molecular weight excluding hydrogens is 240 g/mol. The van der Waals surface area contributed by atoms with Crippen LogP contribution in [0.15, 0.2) is 12.4 Å². The van der Waals surface area contributed by atoms with E-state index in [4.69, 9.17) is 4.74 Å². The van der Waals surface area contributed by atoms with Crippen molar-refractivity contribution >= 4 is 5.82 Å². The molecule has 1 aromatic rings. The van der Waals surface area contributed by atoms with Crippen molar-refractivity contribution < 1.29 is 4.74 Å². The van der Waals surface area contributed by atoms with Crippen molar-refractivity contribution in [3.63, 3.8) is 0 Å². The molecule has 0 bridgehead atoms. The van der Waals surface area contributed by atoms with Crippen LogP contribution in [0.2, 0.25) is 0 Å². The van der Waals surface area contributed by atoms with E-state index in [9.17, 15) is 0 Å². The molecule has 0 aliphatic carbocycles. The third kappa shape index (κ3) is 3.80. The van der Waals surface area contributed by atoms with E-state index in [1.165, 1.54) is 19.3 Å². The molecule has 0 radical (unpaired) electrons. The van der Waals surface area contributed by atoms with E-state index in [2.05, 4.69) is 34.0 Å². The third-order valence-electron chi connectivity index (χ3n) is 3.52. The highest BCUT2D eigenvalue weighted by molar-refractivity contribution is 5.42. The first-order valence-electron chi connectivity index (χ1n) is 7.06. The summed E-state index contributed by atoms with van der Waals surface area (Å²) in [5, 5.41) is 3.53. The molecule has 1 aliphatic heterocycles. The number of anilines is 1. The summed E-state index contributed by atoms with van der Waals surface area (Å²) in [6.07, 6.45) is 5.31. The summed E-state index contributed by atoms with van der Waals surface area (Å²) in [6.45, 7) is 6.43. The Labute approximate surface area is 115 Å². The van der Waals surface area contributed by atoms with Crippen LogP contribution in [0.25, 0.3) is 0 Å². The lowest BCUT2D eigenvalue weighted by atomic mass is 10.0. The van der Waals surface area contributed by atoms with E-state index >= 15 is 0 Å². The van der Waals surface area contributed by atoms with Gasteiger partial charge in [-0.3, -0.25) is 0 Å². The number of aromatic nitrogens is 2. The van der Waals surface area contributed by atoms with Gasteiger partial charge >= 0.3 is 0 Å². The van der Waals surface area contributed by atoms with E-state index in [0.29, 0.717) is 18.0 Å². The molecule has 0 saturated carbocycles. The molecule has 1 unspecified atom stereocenters. The second kappa shape index (κ2) is 6.70. The van der Waals surface area contributed by atoms with E-state index in [1.807, 2.05) is 6.07 Å².